The Balaban J connectivity index is 2.23. The van der Waals surface area contributed by atoms with Crippen molar-refractivity contribution in [3.8, 4) is 0 Å². The fourth-order valence-electron chi connectivity index (χ4n) is 2.32. The van der Waals surface area contributed by atoms with Crippen LogP contribution in [0.15, 0.2) is 0 Å². The topological polar surface area (TPSA) is 86.6 Å². The molecule has 0 heterocycles. The standard InChI is InChI=1S/C13H23NO4/c15-11(13(17)18)8-9-14-12(16)10-6-4-2-1-3-5-7-10/h10-11,15H,1-9H2,(H,14,16)(H,17,18). The largest absolute Gasteiger partial charge is 0.479 e. The van der Waals surface area contributed by atoms with Crippen molar-refractivity contribution >= 4 is 11.9 Å². The maximum atomic E-state index is 11.9. The van der Waals surface area contributed by atoms with Gasteiger partial charge in [0, 0.05) is 18.9 Å². The molecule has 104 valence electrons. The summed E-state index contributed by atoms with van der Waals surface area (Å²) >= 11 is 0. The number of aliphatic carboxylic acids is 1. The van der Waals surface area contributed by atoms with Gasteiger partial charge in [-0.05, 0) is 12.8 Å². The molecule has 0 bridgehead atoms. The van der Waals surface area contributed by atoms with Gasteiger partial charge in [-0.1, -0.05) is 32.1 Å². The highest BCUT2D eigenvalue weighted by atomic mass is 16.4. The fraction of sp³-hybridized carbons (Fsp3) is 0.846. The molecular formula is C13H23NO4. The maximum Gasteiger partial charge on any atom is 0.332 e. The summed E-state index contributed by atoms with van der Waals surface area (Å²) < 4.78 is 0. The molecule has 1 fully saturated rings. The quantitative estimate of drug-likeness (QED) is 0.693. The molecule has 5 heteroatoms. The van der Waals surface area contributed by atoms with Gasteiger partial charge in [0.1, 0.15) is 0 Å². The molecular weight excluding hydrogens is 234 g/mol. The molecule has 0 aromatic carbocycles. The number of amides is 1. The molecule has 1 aliphatic rings. The van der Waals surface area contributed by atoms with Gasteiger partial charge in [0.15, 0.2) is 6.10 Å². The van der Waals surface area contributed by atoms with Gasteiger partial charge in [0.05, 0.1) is 0 Å². The van der Waals surface area contributed by atoms with Crippen molar-refractivity contribution in [1.29, 1.82) is 0 Å². The summed E-state index contributed by atoms with van der Waals surface area (Å²) in [4.78, 5) is 22.3. The molecule has 0 aromatic rings. The van der Waals surface area contributed by atoms with E-state index in [0.29, 0.717) is 0 Å². The van der Waals surface area contributed by atoms with Gasteiger partial charge in [-0.25, -0.2) is 4.79 Å². The van der Waals surface area contributed by atoms with Crippen LogP contribution in [0.3, 0.4) is 0 Å². The maximum absolute atomic E-state index is 11.9. The zero-order valence-corrected chi connectivity index (χ0v) is 10.7. The van der Waals surface area contributed by atoms with Gasteiger partial charge < -0.3 is 15.5 Å². The Morgan fingerprint density at radius 3 is 2.22 bits per heavy atom. The number of carboxylic acids is 1. The minimum Gasteiger partial charge on any atom is -0.479 e. The van der Waals surface area contributed by atoms with E-state index in [2.05, 4.69) is 5.32 Å². The average molecular weight is 257 g/mol. The number of hydrogen-bond acceptors (Lipinski definition) is 3. The summed E-state index contributed by atoms with van der Waals surface area (Å²) in [6.45, 7) is 0.225. The van der Waals surface area contributed by atoms with Crippen LogP contribution in [0.1, 0.15) is 51.4 Å². The van der Waals surface area contributed by atoms with Crippen molar-refractivity contribution in [3.05, 3.63) is 0 Å². The number of aliphatic hydroxyl groups is 1. The Bertz CT molecular complexity index is 272. The average Bonchev–Trinajstić information content (AvgIpc) is 2.27. The van der Waals surface area contributed by atoms with Gasteiger partial charge in [-0.2, -0.15) is 0 Å². The Hall–Kier alpha value is -1.10. The van der Waals surface area contributed by atoms with Crippen molar-refractivity contribution in [1.82, 2.24) is 5.32 Å². The highest BCUT2D eigenvalue weighted by Crippen LogP contribution is 2.22. The van der Waals surface area contributed by atoms with Crippen LogP contribution in [0.5, 0.6) is 0 Å². The summed E-state index contributed by atoms with van der Waals surface area (Å²) in [6.07, 6.45) is 6.37. The zero-order valence-electron chi connectivity index (χ0n) is 10.7. The van der Waals surface area contributed by atoms with Crippen LogP contribution in [-0.4, -0.2) is 34.7 Å². The van der Waals surface area contributed by atoms with E-state index in [1.54, 1.807) is 0 Å². The third-order valence-electron chi connectivity index (χ3n) is 3.48. The molecule has 18 heavy (non-hydrogen) atoms. The SMILES string of the molecule is O=C(O)C(O)CCNC(=O)C1CCCCCCC1. The summed E-state index contributed by atoms with van der Waals surface area (Å²) in [5.41, 5.74) is 0. The Morgan fingerprint density at radius 1 is 1.11 bits per heavy atom. The summed E-state index contributed by atoms with van der Waals surface area (Å²) in [5, 5.41) is 20.3. The molecule has 1 unspecified atom stereocenters. The van der Waals surface area contributed by atoms with Crippen LogP contribution in [0, 0.1) is 5.92 Å². The highest BCUT2D eigenvalue weighted by molar-refractivity contribution is 5.78. The van der Waals surface area contributed by atoms with Crippen LogP contribution in [-0.2, 0) is 9.59 Å². The molecule has 0 aliphatic heterocycles. The van der Waals surface area contributed by atoms with Gasteiger partial charge in [0.25, 0.3) is 0 Å². The van der Waals surface area contributed by atoms with Crippen molar-refractivity contribution in [2.75, 3.05) is 6.54 Å². The van der Waals surface area contributed by atoms with Gasteiger partial charge in [0.2, 0.25) is 5.91 Å². The van der Waals surface area contributed by atoms with Crippen molar-refractivity contribution in [3.63, 3.8) is 0 Å². The molecule has 5 nitrogen and oxygen atoms in total. The third-order valence-corrected chi connectivity index (χ3v) is 3.48. The molecule has 1 rings (SSSR count). The van der Waals surface area contributed by atoms with E-state index in [1.165, 1.54) is 19.3 Å². The van der Waals surface area contributed by atoms with Crippen LogP contribution in [0.2, 0.25) is 0 Å². The summed E-state index contributed by atoms with van der Waals surface area (Å²) in [6, 6.07) is 0. The predicted octanol–water partition coefficient (Wildman–Crippen LogP) is 1.30. The number of aliphatic hydroxyl groups excluding tert-OH is 1. The van der Waals surface area contributed by atoms with Crippen molar-refractivity contribution < 1.29 is 19.8 Å². The van der Waals surface area contributed by atoms with Gasteiger partial charge >= 0.3 is 5.97 Å². The predicted molar refractivity (Wildman–Crippen MR) is 67.1 cm³/mol. The molecule has 1 saturated carbocycles. The molecule has 1 amide bonds. The molecule has 1 aliphatic carbocycles. The number of hydrogen-bond donors (Lipinski definition) is 3. The van der Waals surface area contributed by atoms with Gasteiger partial charge in [-0.15, -0.1) is 0 Å². The Labute approximate surface area is 108 Å². The van der Waals surface area contributed by atoms with Crippen LogP contribution >= 0.6 is 0 Å². The second-order valence-corrected chi connectivity index (χ2v) is 4.98. The molecule has 1 atom stereocenters. The summed E-state index contributed by atoms with van der Waals surface area (Å²) in [7, 11) is 0. The van der Waals surface area contributed by atoms with Crippen LogP contribution in [0.25, 0.3) is 0 Å². The lowest BCUT2D eigenvalue weighted by atomic mass is 9.90. The van der Waals surface area contributed by atoms with Crippen LogP contribution < -0.4 is 5.32 Å². The smallest absolute Gasteiger partial charge is 0.332 e. The zero-order chi connectivity index (χ0) is 13.4. The second kappa shape index (κ2) is 8.08. The number of rotatable bonds is 5. The first-order valence-corrected chi connectivity index (χ1v) is 6.80. The minimum atomic E-state index is -1.39. The number of carboxylic acid groups (broad SMARTS) is 1. The van der Waals surface area contributed by atoms with Crippen molar-refractivity contribution in [2.45, 2.75) is 57.5 Å². The first-order valence-electron chi connectivity index (χ1n) is 6.80. The number of carbonyl (C=O) groups excluding carboxylic acids is 1. The molecule has 0 spiro atoms. The fourth-order valence-corrected chi connectivity index (χ4v) is 2.32. The number of nitrogens with one attached hydrogen (secondary N) is 1. The normalized spacial score (nSPS) is 19.6. The first-order chi connectivity index (χ1) is 8.61. The van der Waals surface area contributed by atoms with E-state index in [-0.39, 0.29) is 24.8 Å². The third kappa shape index (κ3) is 5.49. The van der Waals surface area contributed by atoms with Crippen molar-refractivity contribution in [2.24, 2.45) is 5.92 Å². The summed E-state index contributed by atoms with van der Waals surface area (Å²) in [5.74, 6) is -1.17. The lowest BCUT2D eigenvalue weighted by Crippen LogP contribution is -2.34. The lowest BCUT2D eigenvalue weighted by molar-refractivity contribution is -0.147. The van der Waals surface area contributed by atoms with E-state index in [0.717, 1.165) is 25.7 Å². The van der Waals surface area contributed by atoms with E-state index in [4.69, 9.17) is 10.2 Å². The molecule has 3 N–H and O–H groups in total. The molecule has 0 aromatic heterocycles. The molecule has 0 radical (unpaired) electrons. The van der Waals surface area contributed by atoms with E-state index >= 15 is 0 Å². The van der Waals surface area contributed by atoms with Gasteiger partial charge in [-0.3, -0.25) is 4.79 Å². The highest BCUT2D eigenvalue weighted by Gasteiger charge is 2.19. The second-order valence-electron chi connectivity index (χ2n) is 4.98. The lowest BCUT2D eigenvalue weighted by Gasteiger charge is -2.19. The Kier molecular flexibility index (Phi) is 6.72. The van der Waals surface area contributed by atoms with E-state index < -0.39 is 12.1 Å². The van der Waals surface area contributed by atoms with E-state index in [9.17, 15) is 9.59 Å². The number of carbonyl (C=O) groups is 2. The van der Waals surface area contributed by atoms with E-state index in [1.807, 2.05) is 0 Å². The molecule has 0 saturated heterocycles. The minimum absolute atomic E-state index is 0.00879. The first kappa shape index (κ1) is 15.0. The van der Waals surface area contributed by atoms with Crippen LogP contribution in [0.4, 0.5) is 0 Å². The Morgan fingerprint density at radius 2 is 1.67 bits per heavy atom. The monoisotopic (exact) mass is 257 g/mol.